The van der Waals surface area contributed by atoms with E-state index in [1.807, 2.05) is 30.5 Å². The van der Waals surface area contributed by atoms with Crippen molar-refractivity contribution < 1.29 is 14.3 Å². The Morgan fingerprint density at radius 1 is 1.31 bits per heavy atom. The molecule has 1 saturated heterocycles. The smallest absolute Gasteiger partial charge is 0.234 e. The molecule has 2 N–H and O–H groups in total. The Balaban J connectivity index is 1.33. The minimum Gasteiger partial charge on any atom is -0.477 e. The zero-order chi connectivity index (χ0) is 25.5. The van der Waals surface area contributed by atoms with Gasteiger partial charge in [-0.25, -0.2) is 9.97 Å². The molecule has 4 heterocycles. The normalized spacial score (nSPS) is 15.4. The van der Waals surface area contributed by atoms with Crippen LogP contribution in [-0.2, 0) is 11.3 Å². The monoisotopic (exact) mass is 506 g/mol. The van der Waals surface area contributed by atoms with Gasteiger partial charge in [-0.05, 0) is 44.4 Å². The molecule has 1 aliphatic heterocycles. The van der Waals surface area contributed by atoms with Crippen molar-refractivity contribution in [2.45, 2.75) is 44.8 Å². The van der Waals surface area contributed by atoms with Crippen molar-refractivity contribution in [2.24, 2.45) is 0 Å². The number of thiazole rings is 1. The molecule has 0 bridgehead atoms. The fraction of sp³-hybridized carbons (Fsp3) is 0.423. The van der Waals surface area contributed by atoms with Crippen molar-refractivity contribution in [3.8, 4) is 22.7 Å². The van der Waals surface area contributed by atoms with Crippen molar-refractivity contribution in [3.63, 3.8) is 0 Å². The first-order valence-corrected chi connectivity index (χ1v) is 12.8. The van der Waals surface area contributed by atoms with Gasteiger partial charge in [-0.15, -0.1) is 11.3 Å². The molecule has 36 heavy (non-hydrogen) atoms. The number of aromatic nitrogens is 3. The third kappa shape index (κ3) is 5.87. The first-order valence-electron chi connectivity index (χ1n) is 12.0. The molecule has 188 valence electrons. The van der Waals surface area contributed by atoms with Gasteiger partial charge in [-0.1, -0.05) is 6.07 Å². The number of nitrogens with two attached hydrogens (primary N) is 1. The summed E-state index contributed by atoms with van der Waals surface area (Å²) in [5.74, 6) is -0.0370. The van der Waals surface area contributed by atoms with E-state index in [1.165, 1.54) is 10.9 Å². The number of Topliss-reactive ketones (excluding diaryl/α,β-unsaturated/α-hetero) is 1. The number of anilines is 1. The van der Waals surface area contributed by atoms with Crippen LogP contribution in [0.1, 0.15) is 53.5 Å². The summed E-state index contributed by atoms with van der Waals surface area (Å²) in [5, 5.41) is 10.2. The molecule has 0 aliphatic carbocycles. The highest BCUT2D eigenvalue weighted by atomic mass is 32.1. The van der Waals surface area contributed by atoms with Crippen molar-refractivity contribution in [3.05, 3.63) is 52.8 Å². The number of nitriles is 1. The van der Waals surface area contributed by atoms with Gasteiger partial charge < -0.3 is 15.2 Å². The maximum absolute atomic E-state index is 12.9. The number of methoxy groups -OCH3 is 1. The third-order valence-electron chi connectivity index (χ3n) is 6.52. The molecule has 4 rings (SSSR count). The largest absolute Gasteiger partial charge is 0.477 e. The molecule has 0 amide bonds. The van der Waals surface area contributed by atoms with E-state index in [-0.39, 0.29) is 40.6 Å². The Kier molecular flexibility index (Phi) is 8.25. The van der Waals surface area contributed by atoms with E-state index >= 15 is 0 Å². The Bertz CT molecular complexity index is 1230. The molecule has 0 spiro atoms. The fourth-order valence-electron chi connectivity index (χ4n) is 4.39. The summed E-state index contributed by atoms with van der Waals surface area (Å²) in [7, 11) is 1.72. The lowest BCUT2D eigenvalue weighted by atomic mass is 9.85. The molecule has 0 aromatic carbocycles. The number of carbonyl (C=O) groups is 1. The van der Waals surface area contributed by atoms with E-state index in [9.17, 15) is 10.1 Å². The molecule has 1 aliphatic rings. The molecule has 3 aromatic heterocycles. The molecule has 0 saturated carbocycles. The number of nitrogen functional groups attached to an aromatic ring is 1. The van der Waals surface area contributed by atoms with Gasteiger partial charge in [-0.3, -0.25) is 14.7 Å². The quantitative estimate of drug-likeness (QED) is 0.404. The second kappa shape index (κ2) is 11.6. The van der Waals surface area contributed by atoms with Crippen molar-refractivity contribution in [2.75, 3.05) is 32.5 Å². The van der Waals surface area contributed by atoms with Crippen LogP contribution in [0.2, 0.25) is 0 Å². The lowest BCUT2D eigenvalue weighted by Crippen LogP contribution is -2.45. The fourth-order valence-corrected chi connectivity index (χ4v) is 5.32. The molecule has 1 fully saturated rings. The van der Waals surface area contributed by atoms with Crippen LogP contribution in [-0.4, -0.2) is 58.0 Å². The lowest BCUT2D eigenvalue weighted by molar-refractivity contribution is -0.0636. The van der Waals surface area contributed by atoms with E-state index in [4.69, 9.17) is 15.2 Å². The number of pyridine rings is 2. The summed E-state index contributed by atoms with van der Waals surface area (Å²) in [4.78, 5) is 29.7. The van der Waals surface area contributed by atoms with Crippen molar-refractivity contribution in [1.29, 1.82) is 5.26 Å². The minimum absolute atomic E-state index is 0.104. The van der Waals surface area contributed by atoms with Gasteiger partial charge in [0.15, 0.2) is 5.78 Å². The maximum atomic E-state index is 12.9. The van der Waals surface area contributed by atoms with E-state index in [0.717, 1.165) is 43.2 Å². The molecule has 0 radical (unpaired) electrons. The molecular weight excluding hydrogens is 476 g/mol. The standard InChI is InChI=1S/C26H30N6O3S/c1-3-35-24-19(15-27)20(28)14-22(31-24)23(33)7-8-26(34-2)9-12-32(13-10-26)17-18-16-30-25(36-18)21-6-4-5-11-29-21/h4-6,11,14,16H,3,7-10,12-13,17H2,1-2H3,(H2,28,31). The van der Waals surface area contributed by atoms with Gasteiger partial charge in [0.25, 0.3) is 0 Å². The van der Waals surface area contributed by atoms with Gasteiger partial charge >= 0.3 is 0 Å². The number of likely N-dealkylation sites (tertiary alicyclic amines) is 1. The first kappa shape index (κ1) is 25.7. The predicted molar refractivity (Wildman–Crippen MR) is 138 cm³/mol. The highest BCUT2D eigenvalue weighted by Gasteiger charge is 2.35. The number of piperidine rings is 1. The molecule has 9 nitrogen and oxygen atoms in total. The van der Waals surface area contributed by atoms with Gasteiger partial charge in [0, 0.05) is 50.4 Å². The van der Waals surface area contributed by atoms with Gasteiger partial charge in [0.05, 0.1) is 23.6 Å². The number of rotatable bonds is 10. The third-order valence-corrected chi connectivity index (χ3v) is 7.52. The lowest BCUT2D eigenvalue weighted by Gasteiger charge is -2.40. The Morgan fingerprint density at radius 3 is 2.78 bits per heavy atom. The van der Waals surface area contributed by atoms with Crippen molar-refractivity contribution in [1.82, 2.24) is 19.9 Å². The zero-order valence-electron chi connectivity index (χ0n) is 20.6. The molecule has 0 unspecified atom stereocenters. The van der Waals surface area contributed by atoms with Crippen LogP contribution in [0.5, 0.6) is 5.88 Å². The second-order valence-electron chi connectivity index (χ2n) is 8.75. The zero-order valence-corrected chi connectivity index (χ0v) is 21.4. The van der Waals surface area contributed by atoms with Crippen LogP contribution in [0.4, 0.5) is 5.69 Å². The van der Waals surface area contributed by atoms with Gasteiger partial charge in [0.2, 0.25) is 5.88 Å². The number of ether oxygens (including phenoxy) is 2. The average molecular weight is 507 g/mol. The van der Waals surface area contributed by atoms with Crippen LogP contribution in [0.15, 0.2) is 36.7 Å². The minimum atomic E-state index is -0.361. The Hall–Kier alpha value is -3.39. The number of hydrogen-bond donors (Lipinski definition) is 1. The van der Waals surface area contributed by atoms with E-state index in [2.05, 4.69) is 19.9 Å². The van der Waals surface area contributed by atoms with Crippen LogP contribution >= 0.6 is 11.3 Å². The SMILES string of the molecule is CCOc1nc(C(=O)CCC2(OC)CCN(Cc3cnc(-c4ccccn4)s3)CC2)cc(N)c1C#N. The van der Waals surface area contributed by atoms with Crippen molar-refractivity contribution >= 4 is 22.8 Å². The highest BCUT2D eigenvalue weighted by Crippen LogP contribution is 2.33. The first-order chi connectivity index (χ1) is 17.5. The van der Waals surface area contributed by atoms with E-state index in [1.54, 1.807) is 31.6 Å². The molecule has 10 heteroatoms. The summed E-state index contributed by atoms with van der Waals surface area (Å²) in [6.07, 6.45) is 6.23. The maximum Gasteiger partial charge on any atom is 0.234 e. The molecule has 3 aromatic rings. The summed E-state index contributed by atoms with van der Waals surface area (Å²) < 4.78 is 11.4. The number of nitrogens with zero attached hydrogens (tertiary/aromatic N) is 5. The molecule has 0 atom stereocenters. The van der Waals surface area contributed by atoms with Gasteiger partial charge in [0.1, 0.15) is 22.3 Å². The van der Waals surface area contributed by atoms with Crippen LogP contribution in [0, 0.1) is 11.3 Å². The number of carbonyl (C=O) groups excluding carboxylic acids is 1. The van der Waals surface area contributed by atoms with Crippen LogP contribution < -0.4 is 10.5 Å². The summed E-state index contributed by atoms with van der Waals surface area (Å²) >= 11 is 1.67. The summed E-state index contributed by atoms with van der Waals surface area (Å²) in [6, 6.07) is 9.28. The topological polar surface area (TPSA) is 127 Å². The predicted octanol–water partition coefficient (Wildman–Crippen LogP) is 4.10. The van der Waals surface area contributed by atoms with Crippen LogP contribution in [0.25, 0.3) is 10.7 Å². The summed E-state index contributed by atoms with van der Waals surface area (Å²) in [5.41, 5.74) is 7.07. The Labute approximate surface area is 214 Å². The average Bonchev–Trinajstić information content (AvgIpc) is 3.37. The van der Waals surface area contributed by atoms with E-state index in [0.29, 0.717) is 13.0 Å². The van der Waals surface area contributed by atoms with E-state index < -0.39 is 0 Å². The summed E-state index contributed by atoms with van der Waals surface area (Å²) in [6.45, 7) is 4.69. The van der Waals surface area contributed by atoms with Crippen LogP contribution in [0.3, 0.4) is 0 Å². The highest BCUT2D eigenvalue weighted by molar-refractivity contribution is 7.14. The number of ketones is 1. The molecular formula is C26H30N6O3S. The van der Waals surface area contributed by atoms with Gasteiger partial charge in [-0.2, -0.15) is 5.26 Å². The number of hydrogen-bond acceptors (Lipinski definition) is 10. The second-order valence-corrected chi connectivity index (χ2v) is 9.87. The Morgan fingerprint density at radius 2 is 2.11 bits per heavy atom.